The third-order valence-electron chi connectivity index (χ3n) is 4.02. The van der Waals surface area contributed by atoms with Gasteiger partial charge in [0.15, 0.2) is 0 Å². The van der Waals surface area contributed by atoms with Crippen LogP contribution in [0.15, 0.2) is 0 Å². The van der Waals surface area contributed by atoms with Crippen molar-refractivity contribution in [1.29, 1.82) is 0 Å². The summed E-state index contributed by atoms with van der Waals surface area (Å²) in [6.07, 6.45) is 12.2. The summed E-state index contributed by atoms with van der Waals surface area (Å²) in [5.41, 5.74) is 0. The van der Waals surface area contributed by atoms with E-state index in [2.05, 4.69) is 24.6 Å². The number of hydrogen-bond donors (Lipinski definition) is 1. The van der Waals surface area contributed by atoms with Gasteiger partial charge in [0, 0.05) is 13.2 Å². The number of nitrogens with zero attached hydrogens (tertiary/aromatic N) is 1. The molecule has 3 heteroatoms. The molecule has 1 aliphatic heterocycles. The van der Waals surface area contributed by atoms with Crippen LogP contribution in [0.4, 0.5) is 0 Å². The average molecular weight is 288 g/mol. The molecule has 1 saturated heterocycles. The zero-order chi connectivity index (χ0) is 13.8. The number of rotatable bonds is 11. The topological polar surface area (TPSA) is 12.5 Å². The molecular formula is C16H33NOS. The van der Waals surface area contributed by atoms with Crippen LogP contribution < -0.4 is 0 Å². The first-order chi connectivity index (χ1) is 9.33. The van der Waals surface area contributed by atoms with Gasteiger partial charge in [0.25, 0.3) is 0 Å². The minimum absolute atomic E-state index is 0.778. The minimum atomic E-state index is 0.778. The first-order valence-corrected chi connectivity index (χ1v) is 8.83. The highest BCUT2D eigenvalue weighted by Gasteiger charge is 2.15. The van der Waals surface area contributed by atoms with E-state index >= 15 is 0 Å². The maximum atomic E-state index is 5.54. The van der Waals surface area contributed by atoms with Gasteiger partial charge < -0.3 is 9.64 Å². The van der Waals surface area contributed by atoms with E-state index in [1.54, 1.807) is 0 Å². The Kier molecular flexibility index (Phi) is 11.0. The molecule has 0 spiro atoms. The first-order valence-electron chi connectivity index (χ1n) is 8.20. The van der Waals surface area contributed by atoms with Gasteiger partial charge in [-0.05, 0) is 50.9 Å². The van der Waals surface area contributed by atoms with Crippen molar-refractivity contribution in [2.45, 2.75) is 57.8 Å². The van der Waals surface area contributed by atoms with Crippen LogP contribution in [0.3, 0.4) is 0 Å². The van der Waals surface area contributed by atoms with Crippen molar-refractivity contribution in [2.75, 3.05) is 39.1 Å². The largest absolute Gasteiger partial charge is 0.381 e. The van der Waals surface area contributed by atoms with Gasteiger partial charge in [-0.3, -0.25) is 0 Å². The monoisotopic (exact) mass is 287 g/mol. The third kappa shape index (κ3) is 9.75. The van der Waals surface area contributed by atoms with E-state index in [0.717, 1.165) is 24.9 Å². The summed E-state index contributed by atoms with van der Waals surface area (Å²) in [6, 6.07) is 0. The van der Waals surface area contributed by atoms with Crippen LogP contribution in [0.1, 0.15) is 57.8 Å². The summed E-state index contributed by atoms with van der Waals surface area (Å²) in [5, 5.41) is 0. The maximum absolute atomic E-state index is 5.54. The molecule has 114 valence electrons. The number of ether oxygens (including phenoxy) is 1. The fourth-order valence-electron chi connectivity index (χ4n) is 2.86. The highest BCUT2D eigenvalue weighted by molar-refractivity contribution is 7.80. The highest BCUT2D eigenvalue weighted by Crippen LogP contribution is 2.15. The highest BCUT2D eigenvalue weighted by atomic mass is 32.1. The van der Waals surface area contributed by atoms with Crippen molar-refractivity contribution in [3.05, 3.63) is 0 Å². The predicted molar refractivity (Wildman–Crippen MR) is 87.2 cm³/mol. The van der Waals surface area contributed by atoms with E-state index in [4.69, 9.17) is 4.74 Å². The van der Waals surface area contributed by atoms with E-state index in [-0.39, 0.29) is 0 Å². The van der Waals surface area contributed by atoms with Gasteiger partial charge in [-0.25, -0.2) is 0 Å². The zero-order valence-electron chi connectivity index (χ0n) is 12.8. The SMILES string of the molecule is CN(CCCCCCCCCS)CC1CCCOC1. The number of thiol groups is 1. The Bertz CT molecular complexity index is 195. The molecule has 1 rings (SSSR count). The molecular weight excluding hydrogens is 254 g/mol. The van der Waals surface area contributed by atoms with Crippen molar-refractivity contribution in [3.63, 3.8) is 0 Å². The van der Waals surface area contributed by atoms with Gasteiger partial charge in [-0.15, -0.1) is 0 Å². The van der Waals surface area contributed by atoms with Gasteiger partial charge in [-0.2, -0.15) is 12.6 Å². The van der Waals surface area contributed by atoms with Gasteiger partial charge in [-0.1, -0.05) is 32.1 Å². The Morgan fingerprint density at radius 2 is 1.74 bits per heavy atom. The lowest BCUT2D eigenvalue weighted by molar-refractivity contribution is 0.0419. The predicted octanol–water partition coefficient (Wildman–Crippen LogP) is 4.01. The summed E-state index contributed by atoms with van der Waals surface area (Å²) in [4.78, 5) is 2.50. The van der Waals surface area contributed by atoms with Crippen LogP contribution in [-0.2, 0) is 4.74 Å². The summed E-state index contributed by atoms with van der Waals surface area (Å²) < 4.78 is 5.54. The molecule has 0 saturated carbocycles. The van der Waals surface area contributed by atoms with Crippen molar-refractivity contribution in [3.8, 4) is 0 Å². The summed E-state index contributed by atoms with van der Waals surface area (Å²) >= 11 is 4.24. The molecule has 2 nitrogen and oxygen atoms in total. The fraction of sp³-hybridized carbons (Fsp3) is 1.00. The quantitative estimate of drug-likeness (QED) is 0.455. The Labute approximate surface area is 125 Å². The molecule has 1 unspecified atom stereocenters. The molecule has 0 N–H and O–H groups in total. The van der Waals surface area contributed by atoms with E-state index in [1.807, 2.05) is 0 Å². The summed E-state index contributed by atoms with van der Waals surface area (Å²) in [6.45, 7) is 4.44. The Balaban J connectivity index is 1.85. The lowest BCUT2D eigenvalue weighted by atomic mass is 10.0. The molecule has 0 aliphatic carbocycles. The molecule has 0 aromatic heterocycles. The van der Waals surface area contributed by atoms with Crippen LogP contribution in [-0.4, -0.2) is 44.0 Å². The molecule has 0 radical (unpaired) electrons. The molecule has 0 amide bonds. The van der Waals surface area contributed by atoms with Crippen molar-refractivity contribution >= 4 is 12.6 Å². The smallest absolute Gasteiger partial charge is 0.0506 e. The molecule has 1 fully saturated rings. The number of unbranched alkanes of at least 4 members (excludes halogenated alkanes) is 6. The molecule has 1 aliphatic rings. The van der Waals surface area contributed by atoms with E-state index in [9.17, 15) is 0 Å². The van der Waals surface area contributed by atoms with E-state index in [1.165, 1.54) is 70.9 Å². The Hall–Kier alpha value is 0.270. The maximum Gasteiger partial charge on any atom is 0.0506 e. The molecule has 1 atom stereocenters. The normalized spacial score (nSPS) is 20.1. The van der Waals surface area contributed by atoms with Crippen molar-refractivity contribution < 1.29 is 4.74 Å². The zero-order valence-corrected chi connectivity index (χ0v) is 13.7. The second kappa shape index (κ2) is 12.0. The van der Waals surface area contributed by atoms with Gasteiger partial charge in [0.05, 0.1) is 6.61 Å². The van der Waals surface area contributed by atoms with Crippen LogP contribution in [0, 0.1) is 5.92 Å². The Morgan fingerprint density at radius 3 is 2.37 bits per heavy atom. The van der Waals surface area contributed by atoms with Gasteiger partial charge in [0.2, 0.25) is 0 Å². The standard InChI is InChI=1S/C16H33NOS/c1-17(14-16-10-9-12-18-15-16)11-7-5-3-2-4-6-8-13-19/h16,19H,2-15H2,1H3. The van der Waals surface area contributed by atoms with Crippen LogP contribution in [0.2, 0.25) is 0 Å². The molecule has 19 heavy (non-hydrogen) atoms. The third-order valence-corrected chi connectivity index (χ3v) is 4.34. The summed E-state index contributed by atoms with van der Waals surface area (Å²) in [5.74, 6) is 1.83. The molecule has 1 heterocycles. The van der Waals surface area contributed by atoms with E-state index < -0.39 is 0 Å². The Morgan fingerprint density at radius 1 is 1.05 bits per heavy atom. The van der Waals surface area contributed by atoms with Gasteiger partial charge >= 0.3 is 0 Å². The summed E-state index contributed by atoms with van der Waals surface area (Å²) in [7, 11) is 2.27. The minimum Gasteiger partial charge on any atom is -0.381 e. The lowest BCUT2D eigenvalue weighted by Crippen LogP contribution is -2.31. The second-order valence-corrected chi connectivity index (χ2v) is 6.49. The second-order valence-electron chi connectivity index (χ2n) is 6.04. The van der Waals surface area contributed by atoms with Crippen molar-refractivity contribution in [2.24, 2.45) is 5.92 Å². The van der Waals surface area contributed by atoms with Crippen LogP contribution in [0.5, 0.6) is 0 Å². The lowest BCUT2D eigenvalue weighted by Gasteiger charge is -2.27. The van der Waals surface area contributed by atoms with Crippen LogP contribution in [0.25, 0.3) is 0 Å². The first kappa shape index (κ1) is 17.3. The molecule has 0 bridgehead atoms. The van der Waals surface area contributed by atoms with Crippen molar-refractivity contribution in [1.82, 2.24) is 4.90 Å². The van der Waals surface area contributed by atoms with E-state index in [0.29, 0.717) is 0 Å². The average Bonchev–Trinajstić information content (AvgIpc) is 2.43. The molecule has 0 aromatic rings. The van der Waals surface area contributed by atoms with Gasteiger partial charge in [0.1, 0.15) is 0 Å². The molecule has 0 aromatic carbocycles. The fourth-order valence-corrected chi connectivity index (χ4v) is 3.08. The van der Waals surface area contributed by atoms with Crippen LogP contribution >= 0.6 is 12.6 Å². The number of hydrogen-bond acceptors (Lipinski definition) is 3.